The van der Waals surface area contributed by atoms with E-state index in [2.05, 4.69) is 4.89 Å². The largest absolute Gasteiger partial charge is 0.397 e. The second kappa shape index (κ2) is 4.72. The Hall–Kier alpha value is -1.42. The molecule has 0 fully saturated rings. The first-order chi connectivity index (χ1) is 6.63. The molecule has 1 aromatic carbocycles. The molecule has 0 unspecified atom stereocenters. The summed E-state index contributed by atoms with van der Waals surface area (Å²) in [6.45, 7) is 1.67. The van der Waals surface area contributed by atoms with Crippen LogP contribution in [0.4, 0.5) is 5.69 Å². The van der Waals surface area contributed by atoms with E-state index in [0.29, 0.717) is 16.5 Å². The van der Waals surface area contributed by atoms with Crippen molar-refractivity contribution in [2.24, 2.45) is 0 Å². The molecule has 1 aromatic rings. The minimum absolute atomic E-state index is 0.253. The maximum Gasteiger partial charge on any atom is 0.355 e. The Bertz CT molecular complexity index is 341. The third-order valence-electron chi connectivity index (χ3n) is 1.49. The Kier molecular flexibility index (Phi) is 3.59. The van der Waals surface area contributed by atoms with Gasteiger partial charge in [0.2, 0.25) is 0 Å². The minimum Gasteiger partial charge on any atom is -0.397 e. The third kappa shape index (κ3) is 2.81. The van der Waals surface area contributed by atoms with Crippen LogP contribution >= 0.6 is 11.6 Å². The highest BCUT2D eigenvalue weighted by Crippen LogP contribution is 2.23. The maximum absolute atomic E-state index is 10.7. The Labute approximate surface area is 86.5 Å². The van der Waals surface area contributed by atoms with E-state index >= 15 is 0 Å². The summed E-state index contributed by atoms with van der Waals surface area (Å²) in [5.74, 6) is -0.104. The Morgan fingerprint density at radius 3 is 2.86 bits per heavy atom. The Balaban J connectivity index is 2.60. The molecule has 14 heavy (non-hydrogen) atoms. The van der Waals surface area contributed by atoms with Gasteiger partial charge in [-0.2, -0.15) is 0 Å². The van der Waals surface area contributed by atoms with Crippen LogP contribution in [-0.4, -0.2) is 5.97 Å². The molecule has 0 spiro atoms. The summed E-state index contributed by atoms with van der Waals surface area (Å²) in [7, 11) is 0. The van der Waals surface area contributed by atoms with Crippen molar-refractivity contribution in [1.82, 2.24) is 0 Å². The first-order valence-electron chi connectivity index (χ1n) is 4.06. The predicted molar refractivity (Wildman–Crippen MR) is 52.9 cm³/mol. The van der Waals surface area contributed by atoms with Crippen LogP contribution in [0, 0.1) is 0 Å². The van der Waals surface area contributed by atoms with Crippen LogP contribution in [0.2, 0.25) is 5.02 Å². The van der Waals surface area contributed by atoms with Crippen LogP contribution < -0.4 is 10.6 Å². The molecular weight excluding hydrogens is 206 g/mol. The molecule has 0 radical (unpaired) electrons. The highest BCUT2D eigenvalue weighted by molar-refractivity contribution is 6.33. The number of benzene rings is 1. The van der Waals surface area contributed by atoms with Gasteiger partial charge in [0.1, 0.15) is 0 Å². The number of nitrogens with two attached hydrogens (primary N) is 1. The van der Waals surface area contributed by atoms with Gasteiger partial charge in [0, 0.05) is 12.5 Å². The smallest absolute Gasteiger partial charge is 0.355 e. The summed E-state index contributed by atoms with van der Waals surface area (Å²) < 4.78 is 0. The van der Waals surface area contributed by atoms with Gasteiger partial charge in [-0.05, 0) is 12.1 Å². The standard InChI is InChI=1S/C9H10ClNO3/c1-2-9(12)14-13-6-3-4-7(10)8(11)5-6/h3-5H,2,11H2,1H3. The lowest BCUT2D eigenvalue weighted by atomic mass is 10.3. The molecule has 0 aliphatic carbocycles. The molecule has 0 aliphatic heterocycles. The van der Waals surface area contributed by atoms with Crippen molar-refractivity contribution in [3.63, 3.8) is 0 Å². The summed E-state index contributed by atoms with van der Waals surface area (Å²) in [6, 6.07) is 4.60. The number of carbonyl (C=O) groups is 1. The molecule has 76 valence electrons. The van der Waals surface area contributed by atoms with Crippen molar-refractivity contribution >= 4 is 23.3 Å². The SMILES string of the molecule is CCC(=O)OOc1ccc(Cl)c(N)c1. The van der Waals surface area contributed by atoms with E-state index in [4.69, 9.17) is 22.2 Å². The van der Waals surface area contributed by atoms with E-state index < -0.39 is 5.97 Å². The Morgan fingerprint density at radius 1 is 1.57 bits per heavy atom. The van der Waals surface area contributed by atoms with Crippen LogP contribution in [-0.2, 0) is 9.68 Å². The lowest BCUT2D eigenvalue weighted by Crippen LogP contribution is -2.06. The summed E-state index contributed by atoms with van der Waals surface area (Å²) in [5, 5.41) is 0.430. The summed E-state index contributed by atoms with van der Waals surface area (Å²) in [4.78, 5) is 19.9. The van der Waals surface area contributed by atoms with E-state index in [1.54, 1.807) is 19.1 Å². The van der Waals surface area contributed by atoms with Gasteiger partial charge in [-0.15, -0.1) is 0 Å². The third-order valence-corrected chi connectivity index (χ3v) is 1.83. The molecule has 4 nitrogen and oxygen atoms in total. The van der Waals surface area contributed by atoms with Crippen LogP contribution in [0.1, 0.15) is 13.3 Å². The van der Waals surface area contributed by atoms with Gasteiger partial charge in [-0.25, -0.2) is 4.79 Å². The number of carbonyl (C=O) groups excluding carboxylic acids is 1. The van der Waals surface area contributed by atoms with E-state index in [1.165, 1.54) is 6.07 Å². The Morgan fingerprint density at radius 2 is 2.29 bits per heavy atom. The van der Waals surface area contributed by atoms with Crippen LogP contribution in [0.25, 0.3) is 0 Å². The molecule has 0 aromatic heterocycles. The number of rotatable bonds is 3. The number of anilines is 1. The number of hydrogen-bond donors (Lipinski definition) is 1. The van der Waals surface area contributed by atoms with E-state index in [0.717, 1.165) is 0 Å². The minimum atomic E-state index is -0.446. The fourth-order valence-electron chi connectivity index (χ4n) is 0.727. The van der Waals surface area contributed by atoms with Gasteiger partial charge in [-0.3, -0.25) is 9.78 Å². The van der Waals surface area contributed by atoms with E-state index in [-0.39, 0.29) is 6.42 Å². The zero-order valence-corrected chi connectivity index (χ0v) is 8.38. The summed E-state index contributed by atoms with van der Waals surface area (Å²) in [6.07, 6.45) is 0.253. The fraction of sp³-hybridized carbons (Fsp3) is 0.222. The molecule has 0 atom stereocenters. The van der Waals surface area contributed by atoms with Crippen molar-refractivity contribution in [1.29, 1.82) is 0 Å². The van der Waals surface area contributed by atoms with Crippen molar-refractivity contribution in [3.8, 4) is 5.75 Å². The van der Waals surface area contributed by atoms with Crippen molar-refractivity contribution in [2.75, 3.05) is 5.73 Å². The lowest BCUT2D eigenvalue weighted by Gasteiger charge is -2.04. The molecule has 1 rings (SSSR count). The van der Waals surface area contributed by atoms with Gasteiger partial charge in [0.05, 0.1) is 10.7 Å². The zero-order chi connectivity index (χ0) is 10.6. The van der Waals surface area contributed by atoms with Crippen LogP contribution in [0.5, 0.6) is 5.75 Å². The highest BCUT2D eigenvalue weighted by Gasteiger charge is 2.03. The zero-order valence-electron chi connectivity index (χ0n) is 7.62. The normalized spacial score (nSPS) is 9.57. The van der Waals surface area contributed by atoms with Crippen molar-refractivity contribution in [3.05, 3.63) is 23.2 Å². The molecule has 2 N–H and O–H groups in total. The first-order valence-corrected chi connectivity index (χ1v) is 4.43. The molecule has 0 bridgehead atoms. The van der Waals surface area contributed by atoms with Crippen molar-refractivity contribution in [2.45, 2.75) is 13.3 Å². The van der Waals surface area contributed by atoms with Gasteiger partial charge in [0.25, 0.3) is 0 Å². The monoisotopic (exact) mass is 215 g/mol. The lowest BCUT2D eigenvalue weighted by molar-refractivity contribution is -0.213. The van der Waals surface area contributed by atoms with Gasteiger partial charge in [-0.1, -0.05) is 18.5 Å². The van der Waals surface area contributed by atoms with E-state index in [1.807, 2.05) is 0 Å². The topological polar surface area (TPSA) is 61.5 Å². The second-order valence-electron chi connectivity index (χ2n) is 2.58. The second-order valence-corrected chi connectivity index (χ2v) is 2.98. The predicted octanol–water partition coefficient (Wildman–Crippen LogP) is 2.17. The maximum atomic E-state index is 10.7. The molecule has 5 heteroatoms. The van der Waals surface area contributed by atoms with Crippen molar-refractivity contribution < 1.29 is 14.6 Å². The van der Waals surface area contributed by atoms with E-state index in [9.17, 15) is 4.79 Å². The molecule has 0 saturated heterocycles. The molecule has 0 heterocycles. The average molecular weight is 216 g/mol. The quantitative estimate of drug-likeness (QED) is 0.477. The fourth-order valence-corrected chi connectivity index (χ4v) is 0.845. The molecular formula is C9H10ClNO3. The van der Waals surface area contributed by atoms with Crippen LogP contribution in [0.3, 0.4) is 0 Å². The van der Waals surface area contributed by atoms with Gasteiger partial charge >= 0.3 is 5.97 Å². The number of hydrogen-bond acceptors (Lipinski definition) is 4. The first kappa shape index (κ1) is 10.7. The van der Waals surface area contributed by atoms with Crippen LogP contribution in [0.15, 0.2) is 18.2 Å². The average Bonchev–Trinajstić information content (AvgIpc) is 2.19. The highest BCUT2D eigenvalue weighted by atomic mass is 35.5. The number of halogens is 1. The van der Waals surface area contributed by atoms with Gasteiger partial charge < -0.3 is 5.73 Å². The van der Waals surface area contributed by atoms with Gasteiger partial charge in [0.15, 0.2) is 5.75 Å². The molecule has 0 saturated carbocycles. The molecule has 0 amide bonds. The summed E-state index contributed by atoms with van der Waals surface area (Å²) >= 11 is 5.68. The number of nitrogen functional groups attached to an aromatic ring is 1. The molecule has 0 aliphatic rings. The summed E-state index contributed by atoms with van der Waals surface area (Å²) in [5.41, 5.74) is 5.88.